The summed E-state index contributed by atoms with van der Waals surface area (Å²) in [5.74, 6) is 1.18. The van der Waals surface area contributed by atoms with E-state index in [1.54, 1.807) is 16.9 Å². The van der Waals surface area contributed by atoms with Crippen LogP contribution in [0.4, 0.5) is 20.5 Å². The van der Waals surface area contributed by atoms with Crippen molar-refractivity contribution in [3.8, 4) is 11.4 Å². The number of pyridine rings is 3. The quantitative estimate of drug-likeness (QED) is 0.198. The molecule has 0 N–H and O–H groups in total. The molecule has 4 fully saturated rings. The number of carbonyl (C=O) groups is 2. The lowest BCUT2D eigenvalue weighted by Gasteiger charge is -2.38. The molecule has 6 aromatic rings. The van der Waals surface area contributed by atoms with Crippen LogP contribution in [0.2, 0.25) is 0 Å². The number of piperazine rings is 2. The third-order valence-corrected chi connectivity index (χ3v) is 12.1. The second-order valence-corrected chi connectivity index (χ2v) is 15.7. The van der Waals surface area contributed by atoms with Crippen molar-refractivity contribution in [1.29, 1.82) is 0 Å². The third-order valence-electron chi connectivity index (χ3n) is 12.1. The molecule has 4 atom stereocenters. The number of hydrogen-bond donors (Lipinski definition) is 0. The molecule has 4 saturated heterocycles. The number of amides is 2. The molecule has 0 saturated carbocycles. The molecular weight excluding hydrogens is 745 g/mol. The first kappa shape index (κ1) is 36.0. The molecule has 4 aliphatic heterocycles. The van der Waals surface area contributed by atoms with Gasteiger partial charge in [-0.05, 0) is 68.4 Å². The van der Waals surface area contributed by atoms with Crippen LogP contribution in [0.3, 0.4) is 0 Å². The Balaban J connectivity index is 0.792. The number of aryl methyl sites for hydroxylation is 1. The summed E-state index contributed by atoms with van der Waals surface area (Å²) in [6.45, 7) is 3.84. The van der Waals surface area contributed by atoms with Crippen molar-refractivity contribution in [2.45, 2.75) is 50.6 Å². The summed E-state index contributed by atoms with van der Waals surface area (Å²) in [5.41, 5.74) is 4.17. The van der Waals surface area contributed by atoms with Crippen molar-refractivity contribution in [2.24, 2.45) is 11.8 Å². The molecule has 0 bridgehead atoms. The Morgan fingerprint density at radius 1 is 0.828 bits per heavy atom. The first-order valence-electron chi connectivity index (χ1n) is 19.9. The Labute approximate surface area is 332 Å². The second kappa shape index (κ2) is 14.8. The van der Waals surface area contributed by atoms with Crippen LogP contribution in [0.15, 0.2) is 73.7 Å². The van der Waals surface area contributed by atoms with Gasteiger partial charge >= 0.3 is 0 Å². The van der Waals surface area contributed by atoms with Crippen LogP contribution in [0.1, 0.15) is 43.2 Å². The van der Waals surface area contributed by atoms with Crippen molar-refractivity contribution >= 4 is 41.0 Å². The first-order chi connectivity index (χ1) is 28.3. The first-order valence-corrected chi connectivity index (χ1v) is 19.9. The molecule has 6 aromatic heterocycles. The topological polar surface area (TPSA) is 146 Å². The molecule has 17 heteroatoms. The number of carbonyl (C=O) groups excluding carboxylic acids is 2. The summed E-state index contributed by atoms with van der Waals surface area (Å²) < 4.78 is 30.5. The Morgan fingerprint density at radius 3 is 2.40 bits per heavy atom. The van der Waals surface area contributed by atoms with E-state index in [1.807, 2.05) is 55.8 Å². The second-order valence-electron chi connectivity index (χ2n) is 15.7. The molecule has 10 rings (SSSR count). The van der Waals surface area contributed by atoms with Crippen LogP contribution in [0.5, 0.6) is 0 Å². The lowest BCUT2D eigenvalue weighted by molar-refractivity contribution is -0.133. The van der Waals surface area contributed by atoms with Crippen LogP contribution in [-0.4, -0.2) is 117 Å². The average Bonchev–Trinajstić information content (AvgIpc) is 4.03. The van der Waals surface area contributed by atoms with Gasteiger partial charge in [-0.25, -0.2) is 33.2 Å². The minimum atomic E-state index is -0.474. The number of rotatable bonds is 10. The highest BCUT2D eigenvalue weighted by Crippen LogP contribution is 2.34. The molecule has 0 radical (unpaired) electrons. The van der Waals surface area contributed by atoms with Gasteiger partial charge in [0.25, 0.3) is 0 Å². The summed E-state index contributed by atoms with van der Waals surface area (Å²) >= 11 is 0. The number of halogens is 2. The molecule has 0 spiro atoms. The minimum absolute atomic E-state index is 0.0250. The Bertz CT molecular complexity index is 2520. The lowest BCUT2D eigenvalue weighted by Crippen LogP contribution is -2.52. The van der Waals surface area contributed by atoms with Gasteiger partial charge in [-0.3, -0.25) is 14.0 Å². The SMILES string of the molecule is O=C1[C@@H](CCCc2cccn3nc(-c4cc(/C=C\C[C@H]5C[C@H]6CN(c7ncc(F)cn7)CCN6C5=O)c5nncn5c4)nc23)C[C@H]2CN(c3ccc(F)cn3)CCN12. The number of nitrogens with zero attached hydrogens (tertiary/aromatic N) is 13. The van der Waals surface area contributed by atoms with Gasteiger partial charge in [-0.15, -0.1) is 15.3 Å². The van der Waals surface area contributed by atoms with E-state index >= 15 is 0 Å². The van der Waals surface area contributed by atoms with Gasteiger partial charge < -0.3 is 19.6 Å². The van der Waals surface area contributed by atoms with E-state index in [9.17, 15) is 18.4 Å². The standard InChI is InChI=1S/C41H41F2N13O2/c42-31-9-10-35(44-19-31)51-12-14-54-33(23-51)17-28(39(54)57)6-1-4-26-8-3-11-56-37(26)48-36(50-56)30-16-27(38-49-47-25-53(38)22-30)5-2-7-29-18-34-24-52(13-15-55(34)40(29)58)41-45-20-32(43)21-46-41/h2-3,5,8-11,16,19-22,25,28-29,33-34H,1,4,6-7,12-15,17-18,23-24H2/b5-2-/t28-,29-,33-,34-/m0/s1. The zero-order valence-corrected chi connectivity index (χ0v) is 31.7. The van der Waals surface area contributed by atoms with Crippen molar-refractivity contribution < 1.29 is 18.4 Å². The zero-order chi connectivity index (χ0) is 39.3. The van der Waals surface area contributed by atoms with Crippen molar-refractivity contribution in [3.05, 3.63) is 96.5 Å². The number of fused-ring (bicyclic) bond motifs is 4. The fourth-order valence-electron chi connectivity index (χ4n) is 9.26. The molecule has 0 unspecified atom stereocenters. The van der Waals surface area contributed by atoms with E-state index < -0.39 is 5.82 Å². The highest BCUT2D eigenvalue weighted by atomic mass is 19.1. The molecule has 58 heavy (non-hydrogen) atoms. The predicted octanol–water partition coefficient (Wildman–Crippen LogP) is 4.10. The van der Waals surface area contributed by atoms with Gasteiger partial charge in [-0.2, -0.15) is 0 Å². The molecule has 296 valence electrons. The zero-order valence-electron chi connectivity index (χ0n) is 31.7. The summed E-state index contributed by atoms with van der Waals surface area (Å²) in [6, 6.07) is 9.37. The van der Waals surface area contributed by atoms with Gasteiger partial charge in [0.1, 0.15) is 18.0 Å². The normalized spacial score (nSPS) is 22.2. The maximum atomic E-state index is 13.4. The third kappa shape index (κ3) is 6.77. The highest BCUT2D eigenvalue weighted by molar-refractivity contribution is 5.83. The molecule has 4 aliphatic rings. The number of aromatic nitrogens is 9. The highest BCUT2D eigenvalue weighted by Gasteiger charge is 2.43. The summed E-state index contributed by atoms with van der Waals surface area (Å²) in [5, 5.41) is 13.3. The average molecular weight is 786 g/mol. The Hall–Kier alpha value is -6.39. The Morgan fingerprint density at radius 2 is 1.59 bits per heavy atom. The fourth-order valence-corrected chi connectivity index (χ4v) is 9.26. The van der Waals surface area contributed by atoms with Gasteiger partial charge in [-0.1, -0.05) is 18.2 Å². The monoisotopic (exact) mass is 785 g/mol. The van der Waals surface area contributed by atoms with Gasteiger partial charge in [0.2, 0.25) is 17.8 Å². The van der Waals surface area contributed by atoms with Crippen LogP contribution in [0.25, 0.3) is 28.8 Å². The van der Waals surface area contributed by atoms with Crippen LogP contribution in [0, 0.1) is 23.5 Å². The molecular formula is C41H41F2N13O2. The van der Waals surface area contributed by atoms with Crippen molar-refractivity contribution in [2.75, 3.05) is 49.1 Å². The maximum absolute atomic E-state index is 13.4. The van der Waals surface area contributed by atoms with E-state index in [4.69, 9.17) is 10.1 Å². The molecule has 15 nitrogen and oxygen atoms in total. The van der Waals surface area contributed by atoms with Crippen molar-refractivity contribution in [1.82, 2.24) is 53.9 Å². The van der Waals surface area contributed by atoms with E-state index in [1.165, 1.54) is 24.7 Å². The van der Waals surface area contributed by atoms with E-state index in [-0.39, 0.29) is 41.6 Å². The summed E-state index contributed by atoms with van der Waals surface area (Å²) in [7, 11) is 0. The van der Waals surface area contributed by atoms with Crippen LogP contribution >= 0.6 is 0 Å². The largest absolute Gasteiger partial charge is 0.353 e. The summed E-state index contributed by atoms with van der Waals surface area (Å²) in [6.07, 6.45) is 17.6. The predicted molar refractivity (Wildman–Crippen MR) is 209 cm³/mol. The van der Waals surface area contributed by atoms with E-state index in [0.29, 0.717) is 63.1 Å². The fraction of sp³-hybridized carbons (Fsp3) is 0.390. The maximum Gasteiger partial charge on any atom is 0.226 e. The number of hydrogen-bond acceptors (Lipinski definition) is 11. The van der Waals surface area contributed by atoms with Gasteiger partial charge in [0.05, 0.1) is 30.7 Å². The van der Waals surface area contributed by atoms with Crippen molar-refractivity contribution in [3.63, 3.8) is 0 Å². The summed E-state index contributed by atoms with van der Waals surface area (Å²) in [4.78, 5) is 52.4. The Kier molecular flexibility index (Phi) is 9.21. The minimum Gasteiger partial charge on any atom is -0.353 e. The molecule has 10 heterocycles. The van der Waals surface area contributed by atoms with E-state index in [0.717, 1.165) is 60.3 Å². The lowest BCUT2D eigenvalue weighted by atomic mass is 9.96. The molecule has 0 aromatic carbocycles. The van der Waals surface area contributed by atoms with Gasteiger partial charge in [0, 0.05) is 74.6 Å². The van der Waals surface area contributed by atoms with Crippen LogP contribution < -0.4 is 9.80 Å². The van der Waals surface area contributed by atoms with E-state index in [2.05, 4.69) is 36.1 Å². The number of allylic oxidation sites excluding steroid dienone is 1. The smallest absolute Gasteiger partial charge is 0.226 e. The van der Waals surface area contributed by atoms with Crippen LogP contribution in [-0.2, 0) is 16.0 Å². The molecule has 0 aliphatic carbocycles. The molecule has 2 amide bonds. The number of anilines is 2. The van der Waals surface area contributed by atoms with Gasteiger partial charge in [0.15, 0.2) is 22.9 Å².